The molecular weight excluding hydrogens is 456 g/mol. The minimum absolute atomic E-state index is 0.0116. The van der Waals surface area contributed by atoms with Crippen molar-refractivity contribution in [3.63, 3.8) is 0 Å². The van der Waals surface area contributed by atoms with Crippen molar-refractivity contribution in [1.82, 2.24) is 9.88 Å². The van der Waals surface area contributed by atoms with Crippen molar-refractivity contribution in [2.75, 3.05) is 13.7 Å². The third kappa shape index (κ3) is 4.47. The number of carbonyl (C=O) groups excluding carboxylic acids is 2. The van der Waals surface area contributed by atoms with Gasteiger partial charge in [0.15, 0.2) is 11.5 Å². The molecule has 7 nitrogen and oxygen atoms in total. The van der Waals surface area contributed by atoms with Gasteiger partial charge in [-0.05, 0) is 60.5 Å². The summed E-state index contributed by atoms with van der Waals surface area (Å²) in [5.74, 6) is -0.763. The lowest BCUT2D eigenvalue weighted by Crippen LogP contribution is -2.29. The lowest BCUT2D eigenvalue weighted by molar-refractivity contribution is -0.140. The van der Waals surface area contributed by atoms with Crippen molar-refractivity contribution in [2.24, 2.45) is 0 Å². The SMILES string of the molecule is CCOc1ccc([C@@H]2/C(=C(\O)c3ccc(Cl)cc3)C(=O)C(=O)N2Cc2cccnc2)cc1OC. The summed E-state index contributed by atoms with van der Waals surface area (Å²) in [5.41, 5.74) is 1.71. The van der Waals surface area contributed by atoms with Crippen molar-refractivity contribution in [1.29, 1.82) is 0 Å². The van der Waals surface area contributed by atoms with Crippen LogP contribution in [0.2, 0.25) is 5.02 Å². The van der Waals surface area contributed by atoms with E-state index in [1.807, 2.05) is 13.0 Å². The first kappa shape index (κ1) is 23.3. The van der Waals surface area contributed by atoms with Crippen molar-refractivity contribution in [2.45, 2.75) is 19.5 Å². The molecule has 0 saturated carbocycles. The lowest BCUT2D eigenvalue weighted by Gasteiger charge is -2.26. The van der Waals surface area contributed by atoms with E-state index >= 15 is 0 Å². The standard InChI is InChI=1S/C26H23ClN2O5/c1-3-34-20-11-8-18(13-21(20)33-2)23-22(24(30)17-6-9-19(27)10-7-17)25(31)26(32)29(23)15-16-5-4-12-28-14-16/h4-14,23,30H,3,15H2,1-2H3/b24-22+/t23-/m1/s1. The molecule has 1 amide bonds. The Morgan fingerprint density at radius 1 is 1.12 bits per heavy atom. The number of aliphatic hydroxyl groups excluding tert-OH is 1. The zero-order valence-electron chi connectivity index (χ0n) is 18.7. The Kier molecular flexibility index (Phi) is 6.84. The number of aromatic nitrogens is 1. The van der Waals surface area contributed by atoms with Gasteiger partial charge in [-0.3, -0.25) is 14.6 Å². The van der Waals surface area contributed by atoms with Gasteiger partial charge in [-0.25, -0.2) is 0 Å². The van der Waals surface area contributed by atoms with Gasteiger partial charge in [0, 0.05) is 29.5 Å². The van der Waals surface area contributed by atoms with Gasteiger partial charge in [-0.2, -0.15) is 0 Å². The van der Waals surface area contributed by atoms with Crippen molar-refractivity contribution in [3.8, 4) is 11.5 Å². The van der Waals surface area contributed by atoms with Gasteiger partial charge < -0.3 is 19.5 Å². The first-order valence-electron chi connectivity index (χ1n) is 10.7. The number of nitrogens with zero attached hydrogens (tertiary/aromatic N) is 2. The molecule has 34 heavy (non-hydrogen) atoms. The summed E-state index contributed by atoms with van der Waals surface area (Å²) in [4.78, 5) is 31.9. The minimum Gasteiger partial charge on any atom is -0.507 e. The Balaban J connectivity index is 1.88. The van der Waals surface area contributed by atoms with E-state index in [4.69, 9.17) is 21.1 Å². The Labute approximate surface area is 202 Å². The summed E-state index contributed by atoms with van der Waals surface area (Å²) < 4.78 is 11.1. The van der Waals surface area contributed by atoms with Crippen LogP contribution in [0.1, 0.15) is 29.7 Å². The first-order chi connectivity index (χ1) is 16.4. The molecule has 174 valence electrons. The molecule has 2 aromatic carbocycles. The first-order valence-corrected chi connectivity index (χ1v) is 11.1. The van der Waals surface area contributed by atoms with Crippen LogP contribution < -0.4 is 9.47 Å². The van der Waals surface area contributed by atoms with Crippen molar-refractivity contribution >= 4 is 29.1 Å². The molecule has 0 bridgehead atoms. The molecule has 1 aromatic heterocycles. The zero-order valence-corrected chi connectivity index (χ0v) is 19.5. The second kappa shape index (κ2) is 9.97. The number of hydrogen-bond donors (Lipinski definition) is 1. The molecule has 1 saturated heterocycles. The molecule has 4 rings (SSSR count). The van der Waals surface area contributed by atoms with Crippen LogP contribution in [0, 0.1) is 0 Å². The average Bonchev–Trinajstić information content (AvgIpc) is 3.10. The number of likely N-dealkylation sites (tertiary alicyclic amines) is 1. The fourth-order valence-corrected chi connectivity index (χ4v) is 4.10. The van der Waals surface area contributed by atoms with Gasteiger partial charge >= 0.3 is 0 Å². The number of ketones is 1. The van der Waals surface area contributed by atoms with Gasteiger partial charge in [0.1, 0.15) is 5.76 Å². The molecule has 1 fully saturated rings. The summed E-state index contributed by atoms with van der Waals surface area (Å²) in [7, 11) is 1.52. The zero-order chi connectivity index (χ0) is 24.2. The maximum atomic E-state index is 13.2. The molecule has 0 aliphatic carbocycles. The Hall–Kier alpha value is -3.84. The van der Waals surface area contributed by atoms with Crippen LogP contribution in [-0.2, 0) is 16.1 Å². The molecule has 8 heteroatoms. The number of ether oxygens (including phenoxy) is 2. The molecular formula is C26H23ClN2O5. The summed E-state index contributed by atoms with van der Waals surface area (Å²) in [6, 6.07) is 14.3. The number of Topliss-reactive ketones (excluding diaryl/α,β-unsaturated/α-hetero) is 1. The summed E-state index contributed by atoms with van der Waals surface area (Å²) in [5, 5.41) is 11.6. The van der Waals surface area contributed by atoms with Gasteiger partial charge in [0.2, 0.25) is 0 Å². The van der Waals surface area contributed by atoms with E-state index in [0.29, 0.717) is 34.3 Å². The molecule has 1 aliphatic rings. The average molecular weight is 479 g/mol. The van der Waals surface area contributed by atoms with Crippen LogP contribution in [0.4, 0.5) is 0 Å². The highest BCUT2D eigenvalue weighted by molar-refractivity contribution is 6.46. The van der Waals surface area contributed by atoms with E-state index in [2.05, 4.69) is 4.98 Å². The topological polar surface area (TPSA) is 89.0 Å². The molecule has 0 spiro atoms. The quantitative estimate of drug-likeness (QED) is 0.299. The summed E-state index contributed by atoms with van der Waals surface area (Å²) in [6.07, 6.45) is 3.27. The number of halogens is 1. The van der Waals surface area contributed by atoms with Crippen molar-refractivity contribution in [3.05, 3.63) is 94.3 Å². The van der Waals surface area contributed by atoms with Crippen LogP contribution in [0.3, 0.4) is 0 Å². The maximum absolute atomic E-state index is 13.2. The predicted octanol–water partition coefficient (Wildman–Crippen LogP) is 4.76. The monoisotopic (exact) mass is 478 g/mol. The smallest absolute Gasteiger partial charge is 0.295 e. The second-order valence-corrected chi connectivity index (χ2v) is 8.07. The number of benzene rings is 2. The molecule has 1 atom stereocenters. The number of amides is 1. The highest BCUT2D eigenvalue weighted by Crippen LogP contribution is 2.42. The highest BCUT2D eigenvalue weighted by atomic mass is 35.5. The Morgan fingerprint density at radius 3 is 2.53 bits per heavy atom. The van der Waals surface area contributed by atoms with E-state index in [0.717, 1.165) is 5.56 Å². The Morgan fingerprint density at radius 2 is 1.88 bits per heavy atom. The van der Waals surface area contributed by atoms with E-state index < -0.39 is 17.7 Å². The third-order valence-electron chi connectivity index (χ3n) is 5.54. The fraction of sp³-hybridized carbons (Fsp3) is 0.192. The van der Waals surface area contributed by atoms with Crippen LogP contribution >= 0.6 is 11.6 Å². The molecule has 1 aliphatic heterocycles. The highest BCUT2D eigenvalue weighted by Gasteiger charge is 2.46. The van der Waals surface area contributed by atoms with Gasteiger partial charge in [-0.1, -0.05) is 23.7 Å². The van der Waals surface area contributed by atoms with Crippen LogP contribution in [0.5, 0.6) is 11.5 Å². The minimum atomic E-state index is -0.847. The number of methoxy groups -OCH3 is 1. The number of rotatable bonds is 7. The lowest BCUT2D eigenvalue weighted by atomic mass is 9.95. The van der Waals surface area contributed by atoms with Gasteiger partial charge in [-0.15, -0.1) is 0 Å². The largest absolute Gasteiger partial charge is 0.507 e. The predicted molar refractivity (Wildman–Crippen MR) is 128 cm³/mol. The van der Waals surface area contributed by atoms with E-state index in [9.17, 15) is 14.7 Å². The molecule has 3 aromatic rings. The second-order valence-electron chi connectivity index (χ2n) is 7.64. The van der Waals surface area contributed by atoms with E-state index in [1.165, 1.54) is 12.0 Å². The molecule has 1 N–H and O–H groups in total. The van der Waals surface area contributed by atoms with Crippen LogP contribution in [-0.4, -0.2) is 40.4 Å². The van der Waals surface area contributed by atoms with Gasteiger partial charge in [0.25, 0.3) is 11.7 Å². The number of pyridine rings is 1. The number of carbonyl (C=O) groups is 2. The van der Waals surface area contributed by atoms with Gasteiger partial charge in [0.05, 0.1) is 25.3 Å². The Bertz CT molecular complexity index is 1240. The molecule has 2 heterocycles. The van der Waals surface area contributed by atoms with E-state index in [-0.39, 0.29) is 17.9 Å². The van der Waals surface area contributed by atoms with E-state index in [1.54, 1.807) is 60.9 Å². The molecule has 0 radical (unpaired) electrons. The fourth-order valence-electron chi connectivity index (χ4n) is 3.97. The van der Waals surface area contributed by atoms with Crippen molar-refractivity contribution < 1.29 is 24.2 Å². The maximum Gasteiger partial charge on any atom is 0.295 e. The van der Waals surface area contributed by atoms with Crippen LogP contribution in [0.15, 0.2) is 72.6 Å². The number of hydrogen-bond acceptors (Lipinski definition) is 6. The number of aliphatic hydroxyl groups is 1. The molecule has 0 unspecified atom stereocenters. The van der Waals surface area contributed by atoms with Crippen LogP contribution in [0.25, 0.3) is 5.76 Å². The summed E-state index contributed by atoms with van der Waals surface area (Å²) >= 11 is 5.98. The summed E-state index contributed by atoms with van der Waals surface area (Å²) in [6.45, 7) is 2.45. The third-order valence-corrected chi connectivity index (χ3v) is 5.79. The normalized spacial score (nSPS) is 17.1.